The molecule has 94 valence electrons. The molecule has 0 heterocycles. The van der Waals surface area contributed by atoms with Crippen molar-refractivity contribution >= 4 is 9.53 Å². The molecule has 0 fully saturated rings. The first-order valence-electron chi connectivity index (χ1n) is 5.45. The van der Waals surface area contributed by atoms with E-state index in [1.165, 1.54) is 24.1 Å². The van der Waals surface area contributed by atoms with Crippen molar-refractivity contribution in [2.24, 2.45) is 0 Å². The first-order chi connectivity index (χ1) is 7.03. The molecule has 0 bridgehead atoms. The Morgan fingerprint density at radius 3 is 1.07 bits per heavy atom. The number of rotatable bonds is 6. The molecule has 5 heteroatoms. The third-order valence-electron chi connectivity index (χ3n) is 2.87. The second kappa shape index (κ2) is 10.6. The molecule has 0 radical (unpaired) electrons. The summed E-state index contributed by atoms with van der Waals surface area (Å²) < 4.78 is 15.4. The number of hydrogen-bond donors (Lipinski definition) is 0. The smallest absolute Gasteiger partial charge is 0.379 e. The van der Waals surface area contributed by atoms with Crippen molar-refractivity contribution in [3.63, 3.8) is 0 Å². The average Bonchev–Trinajstić information content (AvgIpc) is 2.31. The molecule has 0 N–H and O–H groups in total. The van der Waals surface area contributed by atoms with Crippen LogP contribution in [0.5, 0.6) is 0 Å². The van der Waals surface area contributed by atoms with Gasteiger partial charge >= 0.3 is 9.53 Å². The summed E-state index contributed by atoms with van der Waals surface area (Å²) in [6.07, 6.45) is 0. The molecular weight excluding hydrogens is 210 g/mol. The lowest BCUT2D eigenvalue weighted by Crippen LogP contribution is -2.42. The van der Waals surface area contributed by atoms with Crippen LogP contribution >= 0.6 is 0 Å². The zero-order chi connectivity index (χ0) is 12.3. The van der Waals surface area contributed by atoms with E-state index in [1.54, 1.807) is 21.3 Å². The molecule has 0 unspecified atom stereocenters. The SMILES string of the molecule is CC[N+](C)(CC)CC.CO[SiH](OC)OC. The van der Waals surface area contributed by atoms with E-state index in [1.807, 2.05) is 0 Å². The Hall–Kier alpha value is 0.0569. The van der Waals surface area contributed by atoms with Gasteiger partial charge in [0.05, 0.1) is 26.7 Å². The average molecular weight is 238 g/mol. The molecule has 4 nitrogen and oxygen atoms in total. The van der Waals surface area contributed by atoms with Gasteiger partial charge in [0.2, 0.25) is 0 Å². The first kappa shape index (κ1) is 17.5. The van der Waals surface area contributed by atoms with Gasteiger partial charge in [-0.2, -0.15) is 0 Å². The first-order valence-corrected chi connectivity index (χ1v) is 6.86. The van der Waals surface area contributed by atoms with Crippen molar-refractivity contribution in [1.82, 2.24) is 0 Å². The van der Waals surface area contributed by atoms with Crippen LogP contribution in [0.25, 0.3) is 0 Å². The van der Waals surface area contributed by atoms with Crippen LogP contribution in [0.2, 0.25) is 0 Å². The fourth-order valence-electron chi connectivity index (χ4n) is 0.959. The summed E-state index contributed by atoms with van der Waals surface area (Å²) in [6.45, 7) is 10.5. The summed E-state index contributed by atoms with van der Waals surface area (Å²) in [6, 6.07) is 0. The maximum absolute atomic E-state index is 4.74. The van der Waals surface area contributed by atoms with Gasteiger partial charge in [0.15, 0.2) is 0 Å². The minimum atomic E-state index is -1.67. The largest absolute Gasteiger partial charge is 0.483 e. The molecule has 0 saturated heterocycles. The third-order valence-corrected chi connectivity index (χ3v) is 4.02. The van der Waals surface area contributed by atoms with Crippen molar-refractivity contribution in [2.75, 3.05) is 48.0 Å². The minimum absolute atomic E-state index is 1.21. The van der Waals surface area contributed by atoms with Crippen molar-refractivity contribution in [3.05, 3.63) is 0 Å². The van der Waals surface area contributed by atoms with E-state index in [2.05, 4.69) is 27.8 Å². The Kier molecular flexibility index (Phi) is 12.3. The summed E-state index contributed by atoms with van der Waals surface area (Å²) in [7, 11) is 5.34. The molecular formula is C10H28NO3Si+. The maximum Gasteiger partial charge on any atom is 0.483 e. The Balaban J connectivity index is 0. The molecule has 0 aliphatic carbocycles. The Bertz CT molecular complexity index is 114. The van der Waals surface area contributed by atoms with Gasteiger partial charge in [-0.05, 0) is 20.8 Å². The van der Waals surface area contributed by atoms with E-state index in [0.717, 1.165) is 0 Å². The van der Waals surface area contributed by atoms with E-state index in [4.69, 9.17) is 13.3 Å². The second-order valence-electron chi connectivity index (χ2n) is 3.56. The van der Waals surface area contributed by atoms with Gasteiger partial charge in [-0.3, -0.25) is 0 Å². The monoisotopic (exact) mass is 238 g/mol. The molecule has 0 amide bonds. The molecule has 0 atom stereocenters. The maximum atomic E-state index is 4.74. The van der Waals surface area contributed by atoms with Crippen LogP contribution in [0.3, 0.4) is 0 Å². The van der Waals surface area contributed by atoms with Gasteiger partial charge in [0.25, 0.3) is 0 Å². The van der Waals surface area contributed by atoms with E-state index in [-0.39, 0.29) is 0 Å². The Labute approximate surface area is 96.7 Å². The van der Waals surface area contributed by atoms with Crippen molar-refractivity contribution in [1.29, 1.82) is 0 Å². The summed E-state index contributed by atoms with van der Waals surface area (Å²) >= 11 is 0. The van der Waals surface area contributed by atoms with Crippen LogP contribution in [-0.2, 0) is 13.3 Å². The molecule has 15 heavy (non-hydrogen) atoms. The molecule has 0 saturated carbocycles. The van der Waals surface area contributed by atoms with Crippen LogP contribution in [-0.4, -0.2) is 62.0 Å². The lowest BCUT2D eigenvalue weighted by molar-refractivity contribution is -0.904. The highest BCUT2D eigenvalue weighted by Gasteiger charge is 2.10. The van der Waals surface area contributed by atoms with E-state index in [9.17, 15) is 0 Å². The van der Waals surface area contributed by atoms with Crippen molar-refractivity contribution < 1.29 is 17.8 Å². The second-order valence-corrected chi connectivity index (χ2v) is 5.56. The molecule has 0 aromatic rings. The summed E-state index contributed by atoms with van der Waals surface area (Å²) in [4.78, 5) is 0. The lowest BCUT2D eigenvalue weighted by atomic mass is 10.4. The fraction of sp³-hybridized carbons (Fsp3) is 1.00. The van der Waals surface area contributed by atoms with Crippen LogP contribution in [0.15, 0.2) is 0 Å². The van der Waals surface area contributed by atoms with Gasteiger partial charge < -0.3 is 17.8 Å². The van der Waals surface area contributed by atoms with E-state index in [0.29, 0.717) is 0 Å². The highest BCUT2D eigenvalue weighted by atomic mass is 28.3. The van der Waals surface area contributed by atoms with Crippen LogP contribution in [0.1, 0.15) is 20.8 Å². The molecule has 0 spiro atoms. The van der Waals surface area contributed by atoms with Crippen molar-refractivity contribution in [2.45, 2.75) is 20.8 Å². The zero-order valence-electron chi connectivity index (χ0n) is 11.4. The molecule has 0 aliphatic heterocycles. The Morgan fingerprint density at radius 2 is 1.07 bits per heavy atom. The summed E-state index contributed by atoms with van der Waals surface area (Å²) in [5.41, 5.74) is 0. The standard InChI is InChI=1S/C7H18N.C3H10O3Si/c1-5-8(4,6-2)7-3;1-4-7(5-2)6-3/h5-7H2,1-4H3;7H,1-3H3/q+1;. The molecule has 0 aromatic carbocycles. The highest BCUT2D eigenvalue weighted by molar-refractivity contribution is 6.36. The van der Waals surface area contributed by atoms with Gasteiger partial charge in [-0.25, -0.2) is 0 Å². The van der Waals surface area contributed by atoms with Crippen LogP contribution in [0.4, 0.5) is 0 Å². The van der Waals surface area contributed by atoms with Crippen LogP contribution in [0, 0.1) is 0 Å². The highest BCUT2D eigenvalue weighted by Crippen LogP contribution is 1.97. The fourth-order valence-corrected chi connectivity index (χ4v) is 1.54. The summed E-state index contributed by atoms with van der Waals surface area (Å²) in [5.74, 6) is 0. The van der Waals surface area contributed by atoms with E-state index >= 15 is 0 Å². The predicted octanol–water partition coefficient (Wildman–Crippen LogP) is 1.14. The predicted molar refractivity (Wildman–Crippen MR) is 66.0 cm³/mol. The normalized spacial score (nSPS) is 11.2. The minimum Gasteiger partial charge on any atom is -0.379 e. The van der Waals surface area contributed by atoms with E-state index < -0.39 is 9.53 Å². The topological polar surface area (TPSA) is 27.7 Å². The summed E-state index contributed by atoms with van der Waals surface area (Å²) in [5, 5.41) is 0. The van der Waals surface area contributed by atoms with Gasteiger partial charge in [0, 0.05) is 21.3 Å². The lowest BCUT2D eigenvalue weighted by Gasteiger charge is -2.30. The quantitative estimate of drug-likeness (QED) is 0.513. The molecule has 0 aliphatic rings. The third kappa shape index (κ3) is 9.01. The Morgan fingerprint density at radius 1 is 0.800 bits per heavy atom. The van der Waals surface area contributed by atoms with Gasteiger partial charge in [-0.15, -0.1) is 0 Å². The number of hydrogen-bond acceptors (Lipinski definition) is 3. The number of nitrogens with zero attached hydrogens (tertiary/aromatic N) is 1. The van der Waals surface area contributed by atoms with Gasteiger partial charge in [0.1, 0.15) is 0 Å². The zero-order valence-corrected chi connectivity index (χ0v) is 12.5. The van der Waals surface area contributed by atoms with Crippen LogP contribution < -0.4 is 0 Å². The number of quaternary nitrogens is 1. The molecule has 0 rings (SSSR count). The van der Waals surface area contributed by atoms with Gasteiger partial charge in [-0.1, -0.05) is 0 Å². The molecule has 0 aromatic heterocycles. The van der Waals surface area contributed by atoms with Crippen molar-refractivity contribution in [3.8, 4) is 0 Å².